The van der Waals surface area contributed by atoms with E-state index in [0.717, 1.165) is 0 Å². The number of halogens is 2. The van der Waals surface area contributed by atoms with E-state index in [9.17, 15) is 14.4 Å². The molecule has 2 amide bonds. The highest BCUT2D eigenvalue weighted by molar-refractivity contribution is 6.36. The number of aliphatic imine (C=N–C) groups is 1. The van der Waals surface area contributed by atoms with E-state index in [2.05, 4.69) is 10.3 Å². The number of ether oxygens (including phenoxy) is 1. The Balaban J connectivity index is 1.92. The van der Waals surface area contributed by atoms with Crippen LogP contribution in [0.5, 0.6) is 5.75 Å². The second kappa shape index (κ2) is 9.72. The Morgan fingerprint density at radius 2 is 1.64 bits per heavy atom. The molecule has 0 unspecified atom stereocenters. The van der Waals surface area contributed by atoms with Gasteiger partial charge in [0.25, 0.3) is 0 Å². The first-order valence-electron chi connectivity index (χ1n) is 7.86. The van der Waals surface area contributed by atoms with Crippen molar-refractivity contribution in [2.24, 2.45) is 10.7 Å². The number of carbonyl (C=O) groups excluding carboxylic acids is 3. The van der Waals surface area contributed by atoms with Gasteiger partial charge in [-0.1, -0.05) is 41.4 Å². The molecule has 0 spiro atoms. The van der Waals surface area contributed by atoms with Gasteiger partial charge in [-0.2, -0.15) is 0 Å². The maximum Gasteiger partial charge on any atom is 0.520 e. The lowest BCUT2D eigenvalue weighted by Crippen LogP contribution is -2.38. The molecule has 0 aromatic heterocycles. The van der Waals surface area contributed by atoms with Crippen molar-refractivity contribution in [3.63, 3.8) is 0 Å². The topological polar surface area (TPSA) is 134 Å². The molecule has 10 heteroatoms. The average molecular weight is 425 g/mol. The number of amides is 2. The molecule has 28 heavy (non-hydrogen) atoms. The largest absolute Gasteiger partial charge is 0.564 e. The summed E-state index contributed by atoms with van der Waals surface area (Å²) in [6.45, 7) is 0. The van der Waals surface area contributed by atoms with E-state index in [1.165, 1.54) is 24.3 Å². The molecule has 0 atom stereocenters. The van der Waals surface area contributed by atoms with Crippen LogP contribution in [0.15, 0.2) is 47.5 Å². The highest BCUT2D eigenvalue weighted by atomic mass is 35.5. The summed E-state index contributed by atoms with van der Waals surface area (Å²) in [6.07, 6.45) is -1.24. The molecule has 2 aromatic carbocycles. The van der Waals surface area contributed by atoms with Crippen LogP contribution in [0.3, 0.4) is 0 Å². The van der Waals surface area contributed by atoms with Gasteiger partial charge in [0.2, 0.25) is 11.9 Å². The Hall–Kier alpha value is -3.10. The van der Waals surface area contributed by atoms with Crippen LogP contribution in [0.25, 0.3) is 0 Å². The predicted octanol–water partition coefficient (Wildman–Crippen LogP) is 1.96. The molecular weight excluding hydrogens is 409 g/mol. The van der Waals surface area contributed by atoms with E-state index in [1.807, 2.05) is 0 Å². The van der Waals surface area contributed by atoms with Gasteiger partial charge in [0, 0.05) is 14.8 Å². The lowest BCUT2D eigenvalue weighted by Gasteiger charge is -2.07. The average Bonchev–Trinajstić information content (AvgIpc) is 2.59. The van der Waals surface area contributed by atoms with Crippen molar-refractivity contribution in [1.82, 2.24) is 5.32 Å². The highest BCUT2D eigenvalue weighted by Crippen LogP contribution is 2.24. The predicted molar refractivity (Wildman–Crippen MR) is 105 cm³/mol. The fraction of sp³-hybridized carbons (Fsp3) is 0.111. The first kappa shape index (κ1) is 21.2. The van der Waals surface area contributed by atoms with Crippen molar-refractivity contribution >= 4 is 47.1 Å². The van der Waals surface area contributed by atoms with Gasteiger partial charge in [0.15, 0.2) is 0 Å². The van der Waals surface area contributed by atoms with Gasteiger partial charge in [-0.25, -0.2) is 4.79 Å². The van der Waals surface area contributed by atoms with Crippen molar-refractivity contribution in [2.75, 3.05) is 0 Å². The minimum Gasteiger partial charge on any atom is -0.564 e. The van der Waals surface area contributed by atoms with Gasteiger partial charge in [-0.3, -0.25) is 10.1 Å². The molecule has 0 aliphatic heterocycles. The molecule has 0 radical (unpaired) electrons. The zero-order valence-corrected chi connectivity index (χ0v) is 15.9. The lowest BCUT2D eigenvalue weighted by molar-refractivity contribution is -0.136. The van der Waals surface area contributed by atoms with Crippen molar-refractivity contribution in [2.45, 2.75) is 12.8 Å². The Morgan fingerprint density at radius 3 is 2.21 bits per heavy atom. The van der Waals surface area contributed by atoms with E-state index in [-0.39, 0.29) is 18.6 Å². The number of benzene rings is 2. The second-order valence-electron chi connectivity index (χ2n) is 5.53. The Labute approximate surface area is 169 Å². The van der Waals surface area contributed by atoms with E-state index in [4.69, 9.17) is 38.8 Å². The molecule has 0 aliphatic rings. The number of nitrogens with two attached hydrogens (primary N) is 1. The van der Waals surface area contributed by atoms with Crippen LogP contribution in [-0.2, 0) is 22.4 Å². The number of guanidine groups is 1. The van der Waals surface area contributed by atoms with Crippen molar-refractivity contribution in [1.29, 1.82) is 0 Å². The van der Waals surface area contributed by atoms with Crippen LogP contribution < -0.4 is 15.8 Å². The van der Waals surface area contributed by atoms with Crippen LogP contribution in [0.1, 0.15) is 11.1 Å². The number of rotatable bonds is 5. The lowest BCUT2D eigenvalue weighted by atomic mass is 10.1. The third-order valence-corrected chi connectivity index (χ3v) is 4.08. The van der Waals surface area contributed by atoms with Gasteiger partial charge in [-0.15, -0.1) is 4.99 Å². The van der Waals surface area contributed by atoms with Gasteiger partial charge in [0.1, 0.15) is 12.2 Å². The molecule has 0 fully saturated rings. The molecule has 0 saturated heterocycles. The zero-order chi connectivity index (χ0) is 20.7. The summed E-state index contributed by atoms with van der Waals surface area (Å²) in [5, 5.41) is 9.80. The van der Waals surface area contributed by atoms with Crippen LogP contribution >= 0.6 is 23.2 Å². The number of nitrogens with one attached hydrogen (secondary N) is 1. The van der Waals surface area contributed by atoms with Gasteiger partial charge in [0.05, 0.1) is 6.42 Å². The van der Waals surface area contributed by atoms with Crippen LogP contribution in [0.2, 0.25) is 10.0 Å². The van der Waals surface area contributed by atoms with Crippen molar-refractivity contribution in [3.8, 4) is 5.75 Å². The quantitative estimate of drug-likeness (QED) is 0.429. The zero-order valence-electron chi connectivity index (χ0n) is 14.4. The van der Waals surface area contributed by atoms with E-state index < -0.39 is 23.9 Å². The SMILES string of the molecule is NC(=NC(=O)Oc1ccc(CC(=O)[OH2+])cc1)NC(=O)Cc1c(Cl)cccc1Cl. The number of hydrogen-bond donors (Lipinski definition) is 2. The molecule has 0 heterocycles. The summed E-state index contributed by atoms with van der Waals surface area (Å²) < 4.78 is 4.95. The Bertz CT molecular complexity index is 909. The molecule has 0 saturated carbocycles. The molecule has 5 N–H and O–H groups in total. The molecule has 2 rings (SSSR count). The van der Waals surface area contributed by atoms with Gasteiger partial charge < -0.3 is 15.6 Å². The maximum absolute atomic E-state index is 12.0. The fourth-order valence-corrected chi connectivity index (χ4v) is 2.69. The standard InChI is InChI=1S/C18H15Cl2N3O5/c19-13-2-1-3-14(20)12(13)9-15(24)22-17(21)23-18(27)28-11-6-4-10(5-7-11)8-16(25)26/h1-7H,8-9H2,(H,25,26)(H3,21,22,23,24,27)/p+1. The summed E-state index contributed by atoms with van der Waals surface area (Å²) in [5.74, 6) is -1.57. The monoisotopic (exact) mass is 424 g/mol. The third kappa shape index (κ3) is 6.57. The molecular formula is C18H16Cl2N3O5+. The summed E-state index contributed by atoms with van der Waals surface area (Å²) in [5.41, 5.74) is 6.56. The molecule has 0 aliphatic carbocycles. The van der Waals surface area contributed by atoms with Crippen LogP contribution in [-0.4, -0.2) is 29.0 Å². The molecule has 2 aromatic rings. The minimum atomic E-state index is -1.04. The number of carbonyl (C=O) groups is 3. The number of hydrogen-bond acceptors (Lipinski definition) is 4. The smallest absolute Gasteiger partial charge is 0.520 e. The maximum atomic E-state index is 12.0. The Morgan fingerprint density at radius 1 is 1.04 bits per heavy atom. The highest BCUT2D eigenvalue weighted by Gasteiger charge is 2.13. The molecule has 146 valence electrons. The van der Waals surface area contributed by atoms with Crippen molar-refractivity contribution < 1.29 is 24.2 Å². The van der Waals surface area contributed by atoms with E-state index in [1.54, 1.807) is 18.2 Å². The van der Waals surface area contributed by atoms with Crippen molar-refractivity contribution in [3.05, 3.63) is 63.6 Å². The second-order valence-corrected chi connectivity index (χ2v) is 6.35. The first-order chi connectivity index (χ1) is 13.2. The molecule has 0 bridgehead atoms. The van der Waals surface area contributed by atoms with Gasteiger partial charge >= 0.3 is 12.1 Å². The van der Waals surface area contributed by atoms with E-state index >= 15 is 0 Å². The normalized spacial score (nSPS) is 11.0. The van der Waals surface area contributed by atoms with Gasteiger partial charge in [-0.05, 0) is 35.4 Å². The summed E-state index contributed by atoms with van der Waals surface area (Å²) in [7, 11) is 0. The van der Waals surface area contributed by atoms with E-state index in [0.29, 0.717) is 21.2 Å². The summed E-state index contributed by atoms with van der Waals surface area (Å²) in [4.78, 5) is 37.9. The first-order valence-corrected chi connectivity index (χ1v) is 8.62. The van der Waals surface area contributed by atoms with Crippen LogP contribution in [0, 0.1) is 0 Å². The van der Waals surface area contributed by atoms with Crippen LogP contribution in [0.4, 0.5) is 4.79 Å². The third-order valence-electron chi connectivity index (χ3n) is 3.37. The summed E-state index contributed by atoms with van der Waals surface area (Å²) in [6, 6.07) is 10.8. The minimum absolute atomic E-state index is 0.0409. The molecule has 8 nitrogen and oxygen atoms in total. The fourth-order valence-electron chi connectivity index (χ4n) is 2.16. The number of nitrogens with zero attached hydrogens (tertiary/aromatic N) is 1. The summed E-state index contributed by atoms with van der Waals surface area (Å²) >= 11 is 12.0. The Kier molecular flexibility index (Phi) is 7.36.